The molecule has 0 fully saturated rings. The van der Waals surface area contributed by atoms with E-state index in [0.29, 0.717) is 12.2 Å². The number of nitrogens with one attached hydrogen (secondary N) is 1. The molecule has 0 aliphatic rings. The number of hydrogen-bond acceptors (Lipinski definition) is 6. The van der Waals surface area contributed by atoms with Crippen LogP contribution in [0.3, 0.4) is 0 Å². The third kappa shape index (κ3) is 17.5. The molecule has 1 amide bonds. The van der Waals surface area contributed by atoms with Crippen LogP contribution in [-0.2, 0) is 22.4 Å². The molecule has 0 aliphatic carbocycles. The van der Waals surface area contributed by atoms with E-state index in [0.717, 1.165) is 47.4 Å². The molecule has 4 N–H and O–H groups in total. The highest BCUT2D eigenvalue weighted by Gasteiger charge is 2.28. The van der Waals surface area contributed by atoms with Crippen LogP contribution < -0.4 is 14.8 Å². The molecule has 1 aromatic heterocycles. The maximum absolute atomic E-state index is 12.8. The summed E-state index contributed by atoms with van der Waals surface area (Å²) in [6.07, 6.45) is 16.1. The molecule has 1 heterocycles. The Kier molecular flexibility index (Phi) is 19.3. The first kappa shape index (κ1) is 40.7. The van der Waals surface area contributed by atoms with Crippen LogP contribution in [0, 0.1) is 13.8 Å². The van der Waals surface area contributed by atoms with Crippen LogP contribution in [0.1, 0.15) is 133 Å². The summed E-state index contributed by atoms with van der Waals surface area (Å²) in [6.45, 7) is 10.4. The van der Waals surface area contributed by atoms with Crippen LogP contribution in [0.2, 0.25) is 0 Å². The van der Waals surface area contributed by atoms with Crippen molar-refractivity contribution >= 4 is 13.5 Å². The van der Waals surface area contributed by atoms with E-state index >= 15 is 0 Å². The van der Waals surface area contributed by atoms with Gasteiger partial charge in [0.1, 0.15) is 18.1 Å². The van der Waals surface area contributed by atoms with Crippen LogP contribution in [0.15, 0.2) is 30.5 Å². The third-order valence-electron chi connectivity index (χ3n) is 8.40. The first-order chi connectivity index (χ1) is 22.4. The van der Waals surface area contributed by atoms with E-state index in [4.69, 9.17) is 9.47 Å². The van der Waals surface area contributed by atoms with E-state index in [9.17, 15) is 24.3 Å². The SMILES string of the molecule is CCCCCCCCCCCCCCCC(=O)N[C@@H](Cc1ccc(OCc2ncc(C)c(OC(C)C)c2C)cc1)[C@H](O)CP(=O)(O)O. The highest BCUT2D eigenvalue weighted by molar-refractivity contribution is 7.51. The molecule has 1 aromatic carbocycles. The lowest BCUT2D eigenvalue weighted by molar-refractivity contribution is -0.122. The van der Waals surface area contributed by atoms with Gasteiger partial charge in [-0.15, -0.1) is 0 Å². The summed E-state index contributed by atoms with van der Waals surface area (Å²) in [6, 6.07) is 6.42. The van der Waals surface area contributed by atoms with Crippen molar-refractivity contribution in [3.05, 3.63) is 52.8 Å². The number of aryl methyl sites for hydroxylation is 1. The van der Waals surface area contributed by atoms with Crippen molar-refractivity contribution in [2.24, 2.45) is 0 Å². The molecule has 0 saturated carbocycles. The zero-order valence-electron chi connectivity index (χ0n) is 29.5. The Bertz CT molecular complexity index is 1220. The van der Waals surface area contributed by atoms with E-state index in [1.54, 1.807) is 18.3 Å². The summed E-state index contributed by atoms with van der Waals surface area (Å²) < 4.78 is 23.6. The van der Waals surface area contributed by atoms with Gasteiger partial charge in [0.25, 0.3) is 0 Å². The summed E-state index contributed by atoms with van der Waals surface area (Å²) in [4.78, 5) is 36.2. The number of rotatable bonds is 25. The summed E-state index contributed by atoms with van der Waals surface area (Å²) in [5, 5.41) is 13.5. The average Bonchev–Trinajstić information content (AvgIpc) is 3.00. The zero-order chi connectivity index (χ0) is 34.7. The molecule has 0 spiro atoms. The molecule has 0 radical (unpaired) electrons. The van der Waals surface area contributed by atoms with E-state index in [2.05, 4.69) is 17.2 Å². The predicted molar refractivity (Wildman–Crippen MR) is 189 cm³/mol. The Balaban J connectivity index is 1.82. The molecule has 0 aliphatic heterocycles. The van der Waals surface area contributed by atoms with E-state index in [1.165, 1.54) is 64.2 Å². The Morgan fingerprint density at radius 1 is 0.894 bits per heavy atom. The normalized spacial score (nSPS) is 13.0. The molecule has 10 heteroatoms. The number of amides is 1. The summed E-state index contributed by atoms with van der Waals surface area (Å²) in [5.74, 6) is 1.23. The van der Waals surface area contributed by atoms with Crippen LogP contribution in [0.25, 0.3) is 0 Å². The predicted octanol–water partition coefficient (Wildman–Crippen LogP) is 8.11. The van der Waals surface area contributed by atoms with Gasteiger partial charge in [-0.25, -0.2) is 0 Å². The fourth-order valence-electron chi connectivity index (χ4n) is 5.68. The largest absolute Gasteiger partial charge is 0.490 e. The number of pyridine rings is 1. The molecule has 266 valence electrons. The van der Waals surface area contributed by atoms with Gasteiger partial charge in [-0.05, 0) is 58.2 Å². The number of aliphatic hydroxyl groups excluding tert-OH is 1. The quantitative estimate of drug-likeness (QED) is 0.0611. The highest BCUT2D eigenvalue weighted by Crippen LogP contribution is 2.36. The van der Waals surface area contributed by atoms with Gasteiger partial charge < -0.3 is 29.7 Å². The molecular formula is C37H61N2O7P. The molecule has 2 rings (SSSR count). The van der Waals surface area contributed by atoms with Gasteiger partial charge in [0.2, 0.25) is 5.91 Å². The lowest BCUT2D eigenvalue weighted by Crippen LogP contribution is -2.46. The molecule has 0 bridgehead atoms. The second-order valence-corrected chi connectivity index (χ2v) is 14.9. The molecule has 9 nitrogen and oxygen atoms in total. The third-order valence-corrected chi connectivity index (χ3v) is 9.25. The maximum Gasteiger partial charge on any atom is 0.328 e. The molecule has 47 heavy (non-hydrogen) atoms. The van der Waals surface area contributed by atoms with Crippen LogP contribution in [0.5, 0.6) is 11.5 Å². The van der Waals surface area contributed by atoms with E-state index in [1.807, 2.05) is 39.8 Å². The first-order valence-electron chi connectivity index (χ1n) is 17.7. The summed E-state index contributed by atoms with van der Waals surface area (Å²) >= 11 is 0. The topological polar surface area (TPSA) is 138 Å². The molecule has 2 atom stereocenters. The number of hydrogen-bond donors (Lipinski definition) is 4. The minimum Gasteiger partial charge on any atom is -0.490 e. The van der Waals surface area contributed by atoms with Gasteiger partial charge in [0, 0.05) is 23.7 Å². The monoisotopic (exact) mass is 676 g/mol. The molecular weight excluding hydrogens is 615 g/mol. The van der Waals surface area contributed by atoms with E-state index in [-0.39, 0.29) is 25.0 Å². The number of unbranched alkanes of at least 4 members (excludes halogenated alkanes) is 12. The van der Waals surface area contributed by atoms with Crippen molar-refractivity contribution in [1.82, 2.24) is 10.3 Å². The van der Waals surface area contributed by atoms with Gasteiger partial charge in [-0.1, -0.05) is 96.1 Å². The van der Waals surface area contributed by atoms with Crippen molar-refractivity contribution in [2.45, 2.75) is 156 Å². The number of benzene rings is 1. The maximum atomic E-state index is 12.8. The molecule has 0 unspecified atom stereocenters. The minimum atomic E-state index is -4.48. The van der Waals surface area contributed by atoms with Crippen molar-refractivity contribution in [3.8, 4) is 11.5 Å². The summed E-state index contributed by atoms with van der Waals surface area (Å²) in [5.41, 5.74) is 3.48. The Morgan fingerprint density at radius 2 is 1.45 bits per heavy atom. The van der Waals surface area contributed by atoms with Crippen LogP contribution in [0.4, 0.5) is 0 Å². The lowest BCUT2D eigenvalue weighted by Gasteiger charge is -2.25. The standard InChI is InChI=1S/C37H61N2O7P/c1-6-7-8-9-10-11-12-13-14-15-16-17-18-19-36(41)39-33(35(40)27-47(42,43)44)24-31-20-22-32(23-21-31)45-26-34-30(5)37(46-28(2)3)29(4)25-38-34/h20-23,25,28,33,35,40H,6-19,24,26-27H2,1-5H3,(H,39,41)(H2,42,43,44)/t33-,35+/m0/s1. The lowest BCUT2D eigenvalue weighted by atomic mass is 10.0. The van der Waals surface area contributed by atoms with Gasteiger partial charge >= 0.3 is 7.60 Å². The van der Waals surface area contributed by atoms with Gasteiger partial charge in [0.05, 0.1) is 30.1 Å². The van der Waals surface area contributed by atoms with Crippen molar-refractivity contribution in [1.29, 1.82) is 0 Å². The van der Waals surface area contributed by atoms with Crippen molar-refractivity contribution in [3.63, 3.8) is 0 Å². The van der Waals surface area contributed by atoms with Gasteiger partial charge in [-0.2, -0.15) is 0 Å². The molecule has 2 aromatic rings. The number of ether oxygens (including phenoxy) is 2. The van der Waals surface area contributed by atoms with Crippen molar-refractivity contribution in [2.75, 3.05) is 6.16 Å². The second kappa shape index (κ2) is 22.2. The number of aromatic nitrogens is 1. The number of aliphatic hydroxyl groups is 1. The highest BCUT2D eigenvalue weighted by atomic mass is 31.2. The fourth-order valence-corrected chi connectivity index (χ4v) is 6.43. The summed E-state index contributed by atoms with van der Waals surface area (Å²) in [7, 11) is -4.48. The number of nitrogens with zero attached hydrogens (tertiary/aromatic N) is 1. The Morgan fingerprint density at radius 3 is 1.98 bits per heavy atom. The number of carbonyl (C=O) groups excluding carboxylic acids is 1. The zero-order valence-corrected chi connectivity index (χ0v) is 30.4. The Labute approximate surface area is 283 Å². The van der Waals surface area contributed by atoms with E-state index < -0.39 is 25.9 Å². The minimum absolute atomic E-state index is 0.0455. The molecule has 0 saturated heterocycles. The van der Waals surface area contributed by atoms with Crippen LogP contribution >= 0.6 is 7.60 Å². The fraction of sp³-hybridized carbons (Fsp3) is 0.676. The first-order valence-corrected chi connectivity index (χ1v) is 19.5. The van der Waals surface area contributed by atoms with Gasteiger partial charge in [0.15, 0.2) is 0 Å². The Hall–Kier alpha value is -2.45. The van der Waals surface area contributed by atoms with Gasteiger partial charge in [-0.3, -0.25) is 14.3 Å². The number of carbonyl (C=O) groups is 1. The average molecular weight is 677 g/mol. The van der Waals surface area contributed by atoms with Crippen molar-refractivity contribution < 1.29 is 33.7 Å². The van der Waals surface area contributed by atoms with Crippen LogP contribution in [-0.4, -0.2) is 50.2 Å². The second-order valence-electron chi connectivity index (χ2n) is 13.2. The smallest absolute Gasteiger partial charge is 0.328 e.